The molecule has 0 aromatic rings. The molecular formula is C2HO2S. The van der Waals surface area contributed by atoms with Crippen LogP contribution >= 0.6 is 12.2 Å². The Morgan fingerprint density at radius 2 is 2.20 bits per heavy atom. The number of carbonyl (C=O) groups excluding carboxylic acids is 1. The van der Waals surface area contributed by atoms with E-state index in [0.29, 0.717) is 0 Å². The van der Waals surface area contributed by atoms with Gasteiger partial charge in [0.05, 0.1) is 0 Å². The van der Waals surface area contributed by atoms with Gasteiger partial charge in [-0.1, -0.05) is 0 Å². The van der Waals surface area contributed by atoms with E-state index >= 15 is 0 Å². The van der Waals surface area contributed by atoms with Crippen LogP contribution in [0.15, 0.2) is 0 Å². The van der Waals surface area contributed by atoms with Gasteiger partial charge in [-0.25, -0.2) is 0 Å². The molecule has 0 saturated carbocycles. The number of rotatable bonds is 1. The second-order valence-electron chi connectivity index (χ2n) is 0.407. The summed E-state index contributed by atoms with van der Waals surface area (Å²) in [6.45, 7) is 0. The smallest absolute Gasteiger partial charge is 0.283 e. The molecular weight excluding hydrogens is 88.1 g/mol. The Bertz CT molecular complexity index is 58.7. The van der Waals surface area contributed by atoms with Crippen molar-refractivity contribution in [1.29, 1.82) is 0 Å². The summed E-state index contributed by atoms with van der Waals surface area (Å²) in [5.41, 5.74) is 0. The summed E-state index contributed by atoms with van der Waals surface area (Å²) in [5, 5.41) is 6.95. The lowest BCUT2D eigenvalue weighted by Gasteiger charge is -1.62. The minimum absolute atomic E-state index is 0.718. The fourth-order valence-corrected chi connectivity index (χ4v) is 0. The van der Waals surface area contributed by atoms with Gasteiger partial charge in [0.25, 0.3) is 6.29 Å². The summed E-state index contributed by atoms with van der Waals surface area (Å²) >= 11 is 3.83. The van der Waals surface area contributed by atoms with Crippen LogP contribution in [0.4, 0.5) is 0 Å². The van der Waals surface area contributed by atoms with Crippen LogP contribution in [0.2, 0.25) is 0 Å². The first kappa shape index (κ1) is 4.56. The Morgan fingerprint density at radius 3 is 2.20 bits per heavy atom. The Labute approximate surface area is 34.4 Å². The van der Waals surface area contributed by atoms with Gasteiger partial charge in [0, 0.05) is 0 Å². The van der Waals surface area contributed by atoms with Crippen molar-refractivity contribution in [1.82, 2.24) is 0 Å². The summed E-state index contributed by atoms with van der Waals surface area (Å²) in [6.07, 6.45) is 1.06. The fourth-order valence-electron chi connectivity index (χ4n) is 0. The highest BCUT2D eigenvalue weighted by molar-refractivity contribution is 7.81. The van der Waals surface area contributed by atoms with Gasteiger partial charge in [-0.05, 0) is 12.2 Å². The maximum atomic E-state index is 8.99. The van der Waals surface area contributed by atoms with Crippen LogP contribution in [-0.2, 0) is 4.79 Å². The topological polar surface area (TPSA) is 37.3 Å². The molecule has 1 N–H and O–H groups in total. The van der Waals surface area contributed by atoms with Crippen molar-refractivity contribution in [2.24, 2.45) is 0 Å². The van der Waals surface area contributed by atoms with Crippen molar-refractivity contribution in [2.45, 2.75) is 0 Å². The first-order valence-electron chi connectivity index (χ1n) is 0.882. The lowest BCUT2D eigenvalue weighted by atomic mass is 10.9. The summed E-state index contributed by atoms with van der Waals surface area (Å²) in [7, 11) is 0. The Morgan fingerprint density at radius 1 is 2.00 bits per heavy atom. The zero-order valence-corrected chi connectivity index (χ0v) is 3.08. The SMILES string of the molecule is O=[C]C(O)=S. The first-order valence-corrected chi connectivity index (χ1v) is 1.29. The standard InChI is InChI=1S/C2HO2S/c3-1-2(4)5/h(H,4,5). The monoisotopic (exact) mass is 89.0 g/mol. The molecule has 0 unspecified atom stereocenters. The number of thiocarbonyl (C=S) groups is 1. The van der Waals surface area contributed by atoms with E-state index in [1.54, 1.807) is 0 Å². The molecule has 0 aliphatic heterocycles. The largest absolute Gasteiger partial charge is 0.496 e. The molecule has 2 nitrogen and oxygen atoms in total. The van der Waals surface area contributed by atoms with Crippen LogP contribution in [0, 0.1) is 0 Å². The maximum Gasteiger partial charge on any atom is 0.283 e. The van der Waals surface area contributed by atoms with E-state index in [0.717, 1.165) is 6.29 Å². The molecule has 0 bridgehead atoms. The maximum absolute atomic E-state index is 8.99. The molecule has 0 amide bonds. The lowest BCUT2D eigenvalue weighted by Crippen LogP contribution is -1.87. The minimum Gasteiger partial charge on any atom is -0.496 e. The van der Waals surface area contributed by atoms with Gasteiger partial charge in [-0.15, -0.1) is 0 Å². The molecule has 0 rings (SSSR count). The Hall–Kier alpha value is -0.440. The minimum atomic E-state index is -0.718. The van der Waals surface area contributed by atoms with E-state index in [-0.39, 0.29) is 0 Å². The van der Waals surface area contributed by atoms with E-state index in [9.17, 15) is 0 Å². The third-order valence-electron chi connectivity index (χ3n) is 0.0873. The van der Waals surface area contributed by atoms with Gasteiger partial charge in [-0.2, -0.15) is 0 Å². The molecule has 3 heteroatoms. The highest BCUT2D eigenvalue weighted by Crippen LogP contribution is 1.52. The van der Waals surface area contributed by atoms with E-state index in [1.165, 1.54) is 0 Å². The Balaban J connectivity index is 3.20. The van der Waals surface area contributed by atoms with Crippen LogP contribution in [0.3, 0.4) is 0 Å². The van der Waals surface area contributed by atoms with E-state index in [1.807, 2.05) is 0 Å². The fraction of sp³-hybridized carbons (Fsp3) is 0. The molecule has 0 atom stereocenters. The molecule has 1 radical (unpaired) electrons. The quantitative estimate of drug-likeness (QED) is 0.459. The number of aliphatic hydroxyl groups excluding tert-OH is 1. The van der Waals surface area contributed by atoms with E-state index in [2.05, 4.69) is 12.2 Å². The number of hydrogen-bond donors (Lipinski definition) is 1. The predicted octanol–water partition coefficient (Wildman–Crippen LogP) is -0.0185. The van der Waals surface area contributed by atoms with Crippen LogP contribution in [0.5, 0.6) is 0 Å². The van der Waals surface area contributed by atoms with Gasteiger partial charge in [-0.3, -0.25) is 4.79 Å². The average Bonchev–Trinajstić information content (AvgIpc) is 1.38. The van der Waals surface area contributed by atoms with Gasteiger partial charge < -0.3 is 5.11 Å². The molecule has 0 aromatic carbocycles. The van der Waals surface area contributed by atoms with Gasteiger partial charge in [0.15, 0.2) is 0 Å². The molecule has 0 aliphatic carbocycles. The second kappa shape index (κ2) is 1.84. The van der Waals surface area contributed by atoms with Crippen LogP contribution < -0.4 is 0 Å². The van der Waals surface area contributed by atoms with Crippen molar-refractivity contribution in [3.8, 4) is 0 Å². The van der Waals surface area contributed by atoms with Gasteiger partial charge >= 0.3 is 0 Å². The lowest BCUT2D eigenvalue weighted by molar-refractivity contribution is 0.537. The van der Waals surface area contributed by atoms with Crippen LogP contribution in [0.1, 0.15) is 0 Å². The van der Waals surface area contributed by atoms with E-state index in [4.69, 9.17) is 9.90 Å². The Kier molecular flexibility index (Phi) is 1.68. The molecule has 0 aromatic heterocycles. The average molecular weight is 89.1 g/mol. The zero-order chi connectivity index (χ0) is 4.28. The van der Waals surface area contributed by atoms with Crippen molar-refractivity contribution < 1.29 is 9.90 Å². The predicted molar refractivity (Wildman–Crippen MR) is 20.9 cm³/mol. The first-order chi connectivity index (χ1) is 2.27. The molecule has 0 heterocycles. The highest BCUT2D eigenvalue weighted by Gasteiger charge is 1.76. The zero-order valence-electron chi connectivity index (χ0n) is 2.26. The van der Waals surface area contributed by atoms with Gasteiger partial charge in [0.2, 0.25) is 5.05 Å². The van der Waals surface area contributed by atoms with Gasteiger partial charge in [0.1, 0.15) is 0 Å². The third-order valence-corrected chi connectivity index (χ3v) is 0.171. The summed E-state index contributed by atoms with van der Waals surface area (Å²) in [6, 6.07) is 0. The highest BCUT2D eigenvalue weighted by atomic mass is 32.1. The van der Waals surface area contributed by atoms with Crippen LogP contribution in [0.25, 0.3) is 0 Å². The number of aliphatic hydroxyl groups is 1. The van der Waals surface area contributed by atoms with Crippen LogP contribution in [-0.4, -0.2) is 16.4 Å². The normalized spacial score (nSPS) is 6.40. The van der Waals surface area contributed by atoms with Crippen molar-refractivity contribution >= 4 is 23.6 Å². The molecule has 0 fully saturated rings. The second-order valence-corrected chi connectivity index (χ2v) is 0.794. The molecule has 5 heavy (non-hydrogen) atoms. The molecule has 0 saturated heterocycles. The summed E-state index contributed by atoms with van der Waals surface area (Å²) in [4.78, 5) is 8.99. The third kappa shape index (κ3) is 3.56. The molecule has 0 aliphatic rings. The molecule has 0 spiro atoms. The van der Waals surface area contributed by atoms with Crippen molar-refractivity contribution in [3.05, 3.63) is 0 Å². The number of hydrogen-bond acceptors (Lipinski definition) is 2. The van der Waals surface area contributed by atoms with Crippen molar-refractivity contribution in [2.75, 3.05) is 0 Å². The summed E-state index contributed by atoms with van der Waals surface area (Å²) < 4.78 is 0. The summed E-state index contributed by atoms with van der Waals surface area (Å²) in [5.74, 6) is 0. The van der Waals surface area contributed by atoms with E-state index < -0.39 is 5.05 Å². The molecule has 27 valence electrons. The van der Waals surface area contributed by atoms with Crippen molar-refractivity contribution in [3.63, 3.8) is 0 Å².